The molecule has 0 bridgehead atoms. The van der Waals surface area contributed by atoms with Crippen molar-refractivity contribution in [2.75, 3.05) is 0 Å². The van der Waals surface area contributed by atoms with Gasteiger partial charge in [0.15, 0.2) is 0 Å². The summed E-state index contributed by atoms with van der Waals surface area (Å²) in [5.74, 6) is 0. The van der Waals surface area contributed by atoms with Crippen molar-refractivity contribution in [3.63, 3.8) is 0 Å². The van der Waals surface area contributed by atoms with E-state index < -0.39 is 0 Å². The molecule has 0 atom stereocenters. The van der Waals surface area contributed by atoms with Crippen LogP contribution in [-0.2, 0) is 0 Å². The number of rotatable bonds is 1. The predicted octanol–water partition coefficient (Wildman–Crippen LogP) is 3.62. The maximum atomic E-state index is 5.83. The van der Waals surface area contributed by atoms with E-state index in [0.717, 1.165) is 19.4 Å². The Labute approximate surface area is 92.7 Å². The summed E-state index contributed by atoms with van der Waals surface area (Å²) in [5.41, 5.74) is 0.972. The summed E-state index contributed by atoms with van der Waals surface area (Å²) in [4.78, 5) is 9.05. The van der Waals surface area contributed by atoms with E-state index in [1.54, 1.807) is 6.20 Å². The van der Waals surface area contributed by atoms with Gasteiger partial charge in [-0.15, -0.1) is 11.3 Å². The highest BCUT2D eigenvalue weighted by atomic mass is 79.9. The van der Waals surface area contributed by atoms with Gasteiger partial charge in [-0.25, -0.2) is 9.97 Å². The van der Waals surface area contributed by atoms with Gasteiger partial charge in [-0.05, 0) is 28.1 Å². The van der Waals surface area contributed by atoms with Crippen molar-refractivity contribution in [2.45, 2.75) is 0 Å². The van der Waals surface area contributed by atoms with E-state index in [4.69, 9.17) is 11.6 Å². The second-order valence-corrected chi connectivity index (χ2v) is 4.80. The minimum atomic E-state index is 0.769. The van der Waals surface area contributed by atoms with Crippen LogP contribution in [0.2, 0.25) is 4.34 Å². The zero-order chi connectivity index (χ0) is 9.26. The highest BCUT2D eigenvalue weighted by Gasteiger charge is 2.05. The quantitative estimate of drug-likeness (QED) is 0.743. The minimum absolute atomic E-state index is 0.769. The number of hydrogen-bond donors (Lipinski definition) is 0. The van der Waals surface area contributed by atoms with Crippen LogP contribution in [0.5, 0.6) is 0 Å². The van der Waals surface area contributed by atoms with E-state index in [1.807, 2.05) is 12.1 Å². The summed E-state index contributed by atoms with van der Waals surface area (Å²) in [7, 11) is 0. The fraction of sp³-hybridized carbons (Fsp3) is 0. The monoisotopic (exact) mass is 274 g/mol. The molecule has 0 N–H and O–H groups in total. The maximum Gasteiger partial charge on any atom is 0.118 e. The molecule has 0 aliphatic carbocycles. The van der Waals surface area contributed by atoms with Gasteiger partial charge in [0.2, 0.25) is 0 Å². The SMILES string of the molecule is Clc1ccc(-c2cncnc2Br)s1. The Bertz CT molecular complexity index is 430. The molecule has 0 amide bonds. The molecule has 66 valence electrons. The fourth-order valence-corrected chi connectivity index (χ4v) is 2.53. The van der Waals surface area contributed by atoms with E-state index >= 15 is 0 Å². The molecule has 0 fully saturated rings. The van der Waals surface area contributed by atoms with Crippen molar-refractivity contribution in [2.24, 2.45) is 0 Å². The second-order valence-electron chi connectivity index (χ2n) is 2.33. The molecule has 0 aromatic carbocycles. The lowest BCUT2D eigenvalue weighted by Crippen LogP contribution is -1.82. The second kappa shape index (κ2) is 3.74. The Morgan fingerprint density at radius 2 is 2.23 bits per heavy atom. The van der Waals surface area contributed by atoms with E-state index in [2.05, 4.69) is 25.9 Å². The van der Waals surface area contributed by atoms with Crippen molar-refractivity contribution in [3.8, 4) is 10.4 Å². The lowest BCUT2D eigenvalue weighted by molar-refractivity contribution is 1.14. The fourth-order valence-electron chi connectivity index (χ4n) is 0.939. The van der Waals surface area contributed by atoms with E-state index in [0.29, 0.717) is 0 Å². The molecular weight excluding hydrogens is 272 g/mol. The Balaban J connectivity index is 2.52. The molecule has 5 heteroatoms. The summed E-state index contributed by atoms with van der Waals surface area (Å²) >= 11 is 10.7. The number of nitrogens with zero attached hydrogens (tertiary/aromatic N) is 2. The van der Waals surface area contributed by atoms with Crippen LogP contribution < -0.4 is 0 Å². The van der Waals surface area contributed by atoms with E-state index in [1.165, 1.54) is 17.7 Å². The Morgan fingerprint density at radius 3 is 2.85 bits per heavy atom. The predicted molar refractivity (Wildman–Crippen MR) is 58.1 cm³/mol. The van der Waals surface area contributed by atoms with E-state index in [-0.39, 0.29) is 0 Å². The molecule has 0 aliphatic rings. The van der Waals surface area contributed by atoms with Crippen molar-refractivity contribution in [1.29, 1.82) is 0 Å². The first-order valence-corrected chi connectivity index (χ1v) is 5.47. The number of hydrogen-bond acceptors (Lipinski definition) is 3. The van der Waals surface area contributed by atoms with Crippen molar-refractivity contribution >= 4 is 38.9 Å². The van der Waals surface area contributed by atoms with Gasteiger partial charge in [-0.2, -0.15) is 0 Å². The molecule has 2 nitrogen and oxygen atoms in total. The van der Waals surface area contributed by atoms with Gasteiger partial charge in [0.05, 0.1) is 4.34 Å². The third kappa shape index (κ3) is 1.90. The van der Waals surface area contributed by atoms with Crippen molar-refractivity contribution < 1.29 is 0 Å². The smallest absolute Gasteiger partial charge is 0.118 e. The van der Waals surface area contributed by atoms with Crippen LogP contribution in [0.3, 0.4) is 0 Å². The molecule has 2 aromatic rings. The van der Waals surface area contributed by atoms with Crippen molar-refractivity contribution in [3.05, 3.63) is 33.6 Å². The first kappa shape index (κ1) is 9.12. The first-order valence-electron chi connectivity index (χ1n) is 3.48. The molecule has 0 saturated heterocycles. The van der Waals surface area contributed by atoms with E-state index in [9.17, 15) is 0 Å². The lowest BCUT2D eigenvalue weighted by Gasteiger charge is -1.97. The Morgan fingerprint density at radius 1 is 1.38 bits per heavy atom. The normalized spacial score (nSPS) is 10.3. The van der Waals surface area contributed by atoms with Crippen LogP contribution in [0.1, 0.15) is 0 Å². The third-order valence-electron chi connectivity index (χ3n) is 1.50. The summed E-state index contributed by atoms with van der Waals surface area (Å²) in [6.07, 6.45) is 3.27. The zero-order valence-electron chi connectivity index (χ0n) is 6.37. The van der Waals surface area contributed by atoms with Crippen LogP contribution in [0.25, 0.3) is 10.4 Å². The Kier molecular flexibility index (Phi) is 2.62. The number of halogens is 2. The average Bonchev–Trinajstić information content (AvgIpc) is 2.53. The summed E-state index contributed by atoms with van der Waals surface area (Å²) in [5, 5.41) is 0. The molecule has 0 spiro atoms. The molecule has 0 radical (unpaired) electrons. The summed E-state index contributed by atoms with van der Waals surface area (Å²) in [6.45, 7) is 0. The Hall–Kier alpha value is -0.450. The van der Waals surface area contributed by atoms with Gasteiger partial charge in [0.25, 0.3) is 0 Å². The topological polar surface area (TPSA) is 25.8 Å². The number of thiophene rings is 1. The maximum absolute atomic E-state index is 5.83. The lowest BCUT2D eigenvalue weighted by atomic mass is 10.3. The average molecular weight is 276 g/mol. The van der Waals surface area contributed by atoms with Gasteiger partial charge in [0, 0.05) is 16.6 Å². The molecular formula is C8H4BrClN2S. The van der Waals surface area contributed by atoms with Crippen LogP contribution in [0, 0.1) is 0 Å². The van der Waals surface area contributed by atoms with Gasteiger partial charge >= 0.3 is 0 Å². The molecule has 2 heterocycles. The molecule has 2 aromatic heterocycles. The highest BCUT2D eigenvalue weighted by molar-refractivity contribution is 9.10. The largest absolute Gasteiger partial charge is 0.244 e. The zero-order valence-corrected chi connectivity index (χ0v) is 9.53. The highest BCUT2D eigenvalue weighted by Crippen LogP contribution is 2.33. The van der Waals surface area contributed by atoms with Crippen LogP contribution in [0.4, 0.5) is 0 Å². The van der Waals surface area contributed by atoms with Crippen LogP contribution in [0.15, 0.2) is 29.3 Å². The molecule has 13 heavy (non-hydrogen) atoms. The standard InChI is InChI=1S/C8H4BrClN2S/c9-8-5(3-11-4-12-8)6-1-2-7(10)13-6/h1-4H. The van der Waals surface area contributed by atoms with Gasteiger partial charge in [-0.3, -0.25) is 0 Å². The van der Waals surface area contributed by atoms with Gasteiger partial charge in [-0.1, -0.05) is 11.6 Å². The molecule has 0 unspecified atom stereocenters. The van der Waals surface area contributed by atoms with Gasteiger partial charge in [0.1, 0.15) is 10.9 Å². The van der Waals surface area contributed by atoms with Crippen LogP contribution in [-0.4, -0.2) is 9.97 Å². The molecule has 2 rings (SSSR count). The number of aromatic nitrogens is 2. The van der Waals surface area contributed by atoms with Gasteiger partial charge < -0.3 is 0 Å². The first-order chi connectivity index (χ1) is 6.27. The molecule has 0 aliphatic heterocycles. The molecule has 0 saturated carbocycles. The third-order valence-corrected chi connectivity index (χ3v) is 3.40. The van der Waals surface area contributed by atoms with Crippen LogP contribution >= 0.6 is 38.9 Å². The minimum Gasteiger partial charge on any atom is -0.244 e. The summed E-state index contributed by atoms with van der Waals surface area (Å²) in [6, 6.07) is 3.82. The summed E-state index contributed by atoms with van der Waals surface area (Å²) < 4.78 is 1.56. The van der Waals surface area contributed by atoms with Crippen molar-refractivity contribution in [1.82, 2.24) is 9.97 Å².